The number of carbonyl (C=O) groups is 3. The number of β-lactam (4-membered cyclic amide) rings is 1. The topological polar surface area (TPSA) is 124 Å². The fourth-order valence-electron chi connectivity index (χ4n) is 4.52. The summed E-state index contributed by atoms with van der Waals surface area (Å²) in [7, 11) is 0. The third kappa shape index (κ3) is 3.54. The number of carboxylic acid groups (broad SMARTS) is 1. The Balaban J connectivity index is 1.82. The molecule has 0 aromatic heterocycles. The van der Waals surface area contributed by atoms with E-state index in [9.17, 15) is 24.6 Å². The minimum Gasteiger partial charge on any atom is -0.477 e. The fraction of sp³-hybridized carbons (Fsp3) is 0.722. The molecule has 3 rings (SSSR count). The van der Waals surface area contributed by atoms with Gasteiger partial charge in [-0.15, -0.1) is 11.8 Å². The van der Waals surface area contributed by atoms with Crippen molar-refractivity contribution in [2.24, 2.45) is 17.6 Å². The van der Waals surface area contributed by atoms with Crippen LogP contribution in [-0.4, -0.2) is 68.4 Å². The smallest absolute Gasteiger partial charge is 0.353 e. The summed E-state index contributed by atoms with van der Waals surface area (Å²) >= 11 is 1.47. The third-order valence-corrected chi connectivity index (χ3v) is 7.33. The SMILES string of the molecule is CCC[C@@H]1CCN(C(N)=O)C[C@H]1SC1=C(C(=O)O)N2C(=O)[C@H]([C@@H](C)O)[C@H]2C1. The molecule has 3 amide bonds. The Labute approximate surface area is 162 Å². The molecule has 3 heterocycles. The molecule has 0 aliphatic carbocycles. The van der Waals surface area contributed by atoms with Gasteiger partial charge in [0, 0.05) is 29.7 Å². The van der Waals surface area contributed by atoms with Crippen LogP contribution in [0.15, 0.2) is 10.6 Å². The van der Waals surface area contributed by atoms with Crippen molar-refractivity contribution in [2.45, 2.75) is 56.9 Å². The van der Waals surface area contributed by atoms with Gasteiger partial charge in [-0.05, 0) is 25.7 Å². The van der Waals surface area contributed by atoms with E-state index in [1.807, 2.05) is 0 Å². The highest BCUT2D eigenvalue weighted by Crippen LogP contribution is 2.49. The first kappa shape index (κ1) is 20.0. The molecule has 9 heteroatoms. The number of nitrogens with two attached hydrogens (primary N) is 1. The number of aliphatic hydroxyl groups is 1. The summed E-state index contributed by atoms with van der Waals surface area (Å²) in [6, 6.07) is -0.742. The van der Waals surface area contributed by atoms with Crippen molar-refractivity contribution in [2.75, 3.05) is 13.1 Å². The number of primary amides is 1. The number of likely N-dealkylation sites (tertiary alicyclic amines) is 1. The van der Waals surface area contributed by atoms with Gasteiger partial charge in [0.15, 0.2) is 0 Å². The van der Waals surface area contributed by atoms with Gasteiger partial charge < -0.3 is 25.7 Å². The van der Waals surface area contributed by atoms with Crippen molar-refractivity contribution < 1.29 is 24.6 Å². The number of fused-ring (bicyclic) bond motifs is 1. The number of amides is 3. The summed E-state index contributed by atoms with van der Waals surface area (Å²) in [4.78, 5) is 39.4. The molecule has 27 heavy (non-hydrogen) atoms. The zero-order chi connectivity index (χ0) is 19.9. The highest BCUT2D eigenvalue weighted by molar-refractivity contribution is 8.03. The predicted octanol–water partition coefficient (Wildman–Crippen LogP) is 1.20. The van der Waals surface area contributed by atoms with Crippen LogP contribution in [-0.2, 0) is 9.59 Å². The number of urea groups is 1. The van der Waals surface area contributed by atoms with E-state index in [1.54, 1.807) is 11.8 Å². The van der Waals surface area contributed by atoms with E-state index >= 15 is 0 Å². The molecule has 2 fully saturated rings. The first-order chi connectivity index (χ1) is 12.8. The van der Waals surface area contributed by atoms with Gasteiger partial charge in [0.05, 0.1) is 18.1 Å². The van der Waals surface area contributed by atoms with E-state index in [1.165, 1.54) is 16.7 Å². The predicted molar refractivity (Wildman–Crippen MR) is 101 cm³/mol. The zero-order valence-electron chi connectivity index (χ0n) is 15.6. The quantitative estimate of drug-likeness (QED) is 0.579. The van der Waals surface area contributed by atoms with Crippen molar-refractivity contribution in [1.82, 2.24) is 9.80 Å². The lowest BCUT2D eigenvalue weighted by atomic mass is 9.83. The Hall–Kier alpha value is -1.74. The average molecular weight is 397 g/mol. The summed E-state index contributed by atoms with van der Waals surface area (Å²) in [6.45, 7) is 4.78. The van der Waals surface area contributed by atoms with E-state index in [0.29, 0.717) is 30.3 Å². The normalized spacial score (nSPS) is 31.6. The molecule has 0 saturated carbocycles. The third-order valence-electron chi connectivity index (χ3n) is 5.85. The van der Waals surface area contributed by atoms with Crippen LogP contribution in [0.5, 0.6) is 0 Å². The number of piperidine rings is 1. The first-order valence-electron chi connectivity index (χ1n) is 9.44. The van der Waals surface area contributed by atoms with Gasteiger partial charge in [-0.3, -0.25) is 4.79 Å². The number of aliphatic carboxylic acids is 1. The minimum absolute atomic E-state index is 0.0401. The number of carboxylic acids is 1. The van der Waals surface area contributed by atoms with Crippen LogP contribution >= 0.6 is 11.8 Å². The number of thioether (sulfide) groups is 1. The summed E-state index contributed by atoms with van der Waals surface area (Å²) in [5, 5.41) is 19.6. The molecule has 0 bridgehead atoms. The summed E-state index contributed by atoms with van der Waals surface area (Å²) in [5.41, 5.74) is 5.49. The second-order valence-corrected chi connectivity index (χ2v) is 8.94. The monoisotopic (exact) mass is 397 g/mol. The number of aliphatic hydroxyl groups excluding tert-OH is 1. The molecule has 0 radical (unpaired) electrons. The summed E-state index contributed by atoms with van der Waals surface area (Å²) in [6.07, 6.45) is 2.50. The van der Waals surface area contributed by atoms with E-state index in [-0.39, 0.29) is 22.9 Å². The lowest BCUT2D eigenvalue weighted by molar-refractivity contribution is -0.161. The van der Waals surface area contributed by atoms with Gasteiger partial charge in [-0.25, -0.2) is 9.59 Å². The van der Waals surface area contributed by atoms with Gasteiger partial charge >= 0.3 is 12.0 Å². The van der Waals surface area contributed by atoms with Crippen LogP contribution < -0.4 is 5.73 Å². The number of nitrogens with zero attached hydrogens (tertiary/aromatic N) is 2. The lowest BCUT2D eigenvalue weighted by Crippen LogP contribution is -2.61. The van der Waals surface area contributed by atoms with E-state index < -0.39 is 24.0 Å². The van der Waals surface area contributed by atoms with E-state index in [2.05, 4.69) is 6.92 Å². The van der Waals surface area contributed by atoms with Crippen LogP contribution in [0.25, 0.3) is 0 Å². The van der Waals surface area contributed by atoms with Gasteiger partial charge in [0.1, 0.15) is 5.70 Å². The van der Waals surface area contributed by atoms with Gasteiger partial charge in [-0.1, -0.05) is 13.3 Å². The fourth-order valence-corrected chi connectivity index (χ4v) is 6.17. The highest BCUT2D eigenvalue weighted by Gasteiger charge is 2.57. The Bertz CT molecular complexity index is 680. The molecule has 0 aromatic rings. The summed E-state index contributed by atoms with van der Waals surface area (Å²) < 4.78 is 0. The Morgan fingerprint density at radius 2 is 2.11 bits per heavy atom. The van der Waals surface area contributed by atoms with Crippen molar-refractivity contribution >= 4 is 29.7 Å². The summed E-state index contributed by atoms with van der Waals surface area (Å²) in [5.74, 6) is -1.62. The van der Waals surface area contributed by atoms with E-state index in [0.717, 1.165) is 19.3 Å². The Kier molecular flexibility index (Phi) is 5.71. The van der Waals surface area contributed by atoms with Crippen LogP contribution in [0.2, 0.25) is 0 Å². The molecular weight excluding hydrogens is 370 g/mol. The minimum atomic E-state index is -1.12. The van der Waals surface area contributed by atoms with Crippen LogP contribution in [0.1, 0.15) is 39.5 Å². The molecule has 8 nitrogen and oxygen atoms in total. The number of carbonyl (C=O) groups excluding carboxylic acids is 2. The van der Waals surface area contributed by atoms with Crippen molar-refractivity contribution in [3.05, 3.63) is 10.6 Å². The van der Waals surface area contributed by atoms with Crippen LogP contribution in [0.3, 0.4) is 0 Å². The van der Waals surface area contributed by atoms with Gasteiger partial charge in [0.25, 0.3) is 0 Å². The van der Waals surface area contributed by atoms with Crippen molar-refractivity contribution in [1.29, 1.82) is 0 Å². The van der Waals surface area contributed by atoms with Crippen LogP contribution in [0.4, 0.5) is 4.79 Å². The van der Waals surface area contributed by atoms with Gasteiger partial charge in [-0.2, -0.15) is 0 Å². The molecular formula is C18H27N3O5S. The molecule has 2 saturated heterocycles. The molecule has 5 atom stereocenters. The van der Waals surface area contributed by atoms with Crippen molar-refractivity contribution in [3.8, 4) is 0 Å². The number of hydrogen-bond acceptors (Lipinski definition) is 5. The molecule has 0 spiro atoms. The van der Waals surface area contributed by atoms with Crippen molar-refractivity contribution in [3.63, 3.8) is 0 Å². The lowest BCUT2D eigenvalue weighted by Gasteiger charge is -2.44. The second kappa shape index (κ2) is 7.71. The number of hydrogen-bond donors (Lipinski definition) is 3. The molecule has 3 aliphatic rings. The highest BCUT2D eigenvalue weighted by atomic mass is 32.2. The Morgan fingerprint density at radius 1 is 1.41 bits per heavy atom. The molecule has 4 N–H and O–H groups in total. The second-order valence-electron chi connectivity index (χ2n) is 7.60. The average Bonchev–Trinajstić information content (AvgIpc) is 2.90. The number of rotatable bonds is 6. The van der Waals surface area contributed by atoms with E-state index in [4.69, 9.17) is 5.73 Å². The first-order valence-corrected chi connectivity index (χ1v) is 10.3. The maximum atomic E-state index is 12.3. The van der Waals surface area contributed by atoms with Gasteiger partial charge in [0.2, 0.25) is 5.91 Å². The molecule has 150 valence electrons. The Morgan fingerprint density at radius 3 is 2.67 bits per heavy atom. The molecule has 0 aromatic carbocycles. The standard InChI is InChI=1S/C18H27N3O5S/c1-3-4-10-5-6-20(18(19)26)8-13(10)27-12-7-11-14(9(2)22)16(23)21(11)15(12)17(24)25/h9-11,13-14,22H,3-8H2,1-2H3,(H2,19,26)(H,24,25)/t9-,10-,11-,13-,14-/m1/s1. The maximum Gasteiger partial charge on any atom is 0.353 e. The molecule has 0 unspecified atom stereocenters. The largest absolute Gasteiger partial charge is 0.477 e. The van der Waals surface area contributed by atoms with Crippen LogP contribution in [0, 0.1) is 11.8 Å². The zero-order valence-corrected chi connectivity index (χ0v) is 16.4. The maximum absolute atomic E-state index is 12.3. The molecule has 3 aliphatic heterocycles.